The molecule has 1 aliphatic heterocycles. The predicted molar refractivity (Wildman–Crippen MR) is 82.3 cm³/mol. The van der Waals surface area contributed by atoms with Crippen LogP contribution in [0.15, 0.2) is 6.07 Å². The molecule has 0 radical (unpaired) electrons. The Morgan fingerprint density at radius 1 is 1.43 bits per heavy atom. The molecule has 2 aliphatic rings. The van der Waals surface area contributed by atoms with E-state index < -0.39 is 11.8 Å². The van der Waals surface area contributed by atoms with Crippen molar-refractivity contribution < 1.29 is 9.59 Å². The number of ketones is 1. The second-order valence-electron chi connectivity index (χ2n) is 6.59. The van der Waals surface area contributed by atoms with Crippen molar-refractivity contribution in [3.63, 3.8) is 0 Å². The van der Waals surface area contributed by atoms with Gasteiger partial charge in [-0.05, 0) is 38.7 Å². The summed E-state index contributed by atoms with van der Waals surface area (Å²) in [5.74, 6) is -0.341. The third-order valence-electron chi connectivity index (χ3n) is 4.49. The quantitative estimate of drug-likeness (QED) is 0.823. The molecule has 1 amide bonds. The summed E-state index contributed by atoms with van der Waals surface area (Å²) in [5, 5.41) is 9.45. The first-order chi connectivity index (χ1) is 11.0. The first-order valence-corrected chi connectivity index (χ1v) is 8.01. The molecule has 0 bridgehead atoms. The Morgan fingerprint density at radius 3 is 2.78 bits per heavy atom. The molecule has 0 aromatic carbocycles. The van der Waals surface area contributed by atoms with Gasteiger partial charge < -0.3 is 4.90 Å². The molecule has 6 nitrogen and oxygen atoms in total. The van der Waals surface area contributed by atoms with Crippen LogP contribution in [0.2, 0.25) is 0 Å². The molecule has 3 rings (SSSR count). The lowest BCUT2D eigenvalue weighted by Gasteiger charge is -2.17. The van der Waals surface area contributed by atoms with Gasteiger partial charge in [0, 0.05) is 31.1 Å². The van der Waals surface area contributed by atoms with Crippen LogP contribution in [0.5, 0.6) is 0 Å². The van der Waals surface area contributed by atoms with Crippen molar-refractivity contribution in [1.82, 2.24) is 14.9 Å². The average Bonchev–Trinajstić information content (AvgIpc) is 3.21. The number of likely N-dealkylation sites (tertiary alicyclic amines) is 1. The van der Waals surface area contributed by atoms with Crippen LogP contribution in [-0.2, 0) is 9.59 Å². The average molecular weight is 312 g/mol. The highest BCUT2D eigenvalue weighted by Gasteiger charge is 2.40. The SMILES string of the molecule is Cc1cc(C(C#N)C(=O)C2CC(=O)N(CC3CC3)C2)nc(C)n1. The maximum Gasteiger partial charge on any atom is 0.223 e. The summed E-state index contributed by atoms with van der Waals surface area (Å²) in [4.78, 5) is 35.0. The second kappa shape index (κ2) is 6.07. The number of nitriles is 1. The van der Waals surface area contributed by atoms with E-state index in [1.165, 1.54) is 12.8 Å². The Morgan fingerprint density at radius 2 is 2.17 bits per heavy atom. The zero-order valence-corrected chi connectivity index (χ0v) is 13.5. The van der Waals surface area contributed by atoms with Gasteiger partial charge in [0.15, 0.2) is 5.78 Å². The van der Waals surface area contributed by atoms with E-state index in [1.807, 2.05) is 6.92 Å². The van der Waals surface area contributed by atoms with Crippen LogP contribution in [0.25, 0.3) is 0 Å². The molecule has 2 unspecified atom stereocenters. The molecule has 1 aromatic heterocycles. The molecule has 120 valence electrons. The Hall–Kier alpha value is -2.29. The molecule has 2 fully saturated rings. The van der Waals surface area contributed by atoms with Crippen molar-refractivity contribution in [3.8, 4) is 6.07 Å². The van der Waals surface area contributed by atoms with Crippen LogP contribution < -0.4 is 0 Å². The summed E-state index contributed by atoms with van der Waals surface area (Å²) in [7, 11) is 0. The zero-order chi connectivity index (χ0) is 16.6. The van der Waals surface area contributed by atoms with Gasteiger partial charge in [0.25, 0.3) is 0 Å². The highest BCUT2D eigenvalue weighted by Crippen LogP contribution is 2.33. The van der Waals surface area contributed by atoms with Gasteiger partial charge in [-0.3, -0.25) is 9.59 Å². The van der Waals surface area contributed by atoms with E-state index in [9.17, 15) is 14.9 Å². The Bertz CT molecular complexity index is 670. The topological polar surface area (TPSA) is 87.0 Å². The summed E-state index contributed by atoms with van der Waals surface area (Å²) in [6, 6.07) is 3.74. The Kier molecular flexibility index (Phi) is 4.12. The lowest BCUT2D eigenvalue weighted by atomic mass is 9.90. The minimum Gasteiger partial charge on any atom is -0.342 e. The van der Waals surface area contributed by atoms with Crippen molar-refractivity contribution in [2.75, 3.05) is 13.1 Å². The number of aromatic nitrogens is 2. The molecular formula is C17H20N4O2. The van der Waals surface area contributed by atoms with Crippen molar-refractivity contribution in [2.45, 2.75) is 39.0 Å². The van der Waals surface area contributed by atoms with Gasteiger partial charge in [0.05, 0.1) is 11.8 Å². The molecule has 2 atom stereocenters. The minimum absolute atomic E-state index is 0.0296. The number of carbonyl (C=O) groups excluding carboxylic acids is 2. The second-order valence-corrected chi connectivity index (χ2v) is 6.59. The number of amides is 1. The van der Waals surface area contributed by atoms with Crippen molar-refractivity contribution in [1.29, 1.82) is 5.26 Å². The van der Waals surface area contributed by atoms with Crippen molar-refractivity contribution in [3.05, 3.63) is 23.3 Å². The van der Waals surface area contributed by atoms with E-state index >= 15 is 0 Å². The van der Waals surface area contributed by atoms with Gasteiger partial charge >= 0.3 is 0 Å². The predicted octanol–water partition coefficient (Wildman–Crippen LogP) is 1.53. The number of aryl methyl sites for hydroxylation is 2. The first-order valence-electron chi connectivity index (χ1n) is 8.01. The number of Topliss-reactive ketones (excluding diaryl/α,β-unsaturated/α-hetero) is 1. The van der Waals surface area contributed by atoms with Crippen LogP contribution in [-0.4, -0.2) is 39.6 Å². The molecular weight excluding hydrogens is 292 g/mol. The standard InChI is InChI=1S/C17H20N4O2/c1-10-5-15(20-11(2)19-10)14(7-18)17(23)13-6-16(22)21(9-13)8-12-3-4-12/h5,12-14H,3-4,6,8-9H2,1-2H3. The molecule has 0 spiro atoms. The monoisotopic (exact) mass is 312 g/mol. The summed E-state index contributed by atoms with van der Waals surface area (Å²) in [6.07, 6.45) is 2.55. The molecule has 1 aliphatic carbocycles. The summed E-state index contributed by atoms with van der Waals surface area (Å²) in [6.45, 7) is 4.75. The fourth-order valence-corrected chi connectivity index (χ4v) is 3.16. The summed E-state index contributed by atoms with van der Waals surface area (Å²) in [5.41, 5.74) is 1.18. The fourth-order valence-electron chi connectivity index (χ4n) is 3.16. The summed E-state index contributed by atoms with van der Waals surface area (Å²) >= 11 is 0. The van der Waals surface area contributed by atoms with Gasteiger partial charge in [0.2, 0.25) is 5.91 Å². The van der Waals surface area contributed by atoms with Crippen LogP contribution in [0.3, 0.4) is 0 Å². The fraction of sp³-hybridized carbons (Fsp3) is 0.588. The number of carbonyl (C=O) groups is 2. The number of nitrogens with zero attached hydrogens (tertiary/aromatic N) is 4. The first kappa shape index (κ1) is 15.6. The van der Waals surface area contributed by atoms with Crippen molar-refractivity contribution in [2.24, 2.45) is 11.8 Å². The normalized spacial score (nSPS) is 22.0. The highest BCUT2D eigenvalue weighted by atomic mass is 16.2. The third kappa shape index (κ3) is 3.39. The minimum atomic E-state index is -0.922. The van der Waals surface area contributed by atoms with Gasteiger partial charge in [-0.2, -0.15) is 5.26 Å². The maximum atomic E-state index is 12.7. The van der Waals surface area contributed by atoms with Gasteiger partial charge in [-0.15, -0.1) is 0 Å². The maximum absolute atomic E-state index is 12.7. The number of rotatable bonds is 5. The Labute approximate surface area is 135 Å². The summed E-state index contributed by atoms with van der Waals surface area (Å²) < 4.78 is 0. The third-order valence-corrected chi connectivity index (χ3v) is 4.49. The molecule has 6 heteroatoms. The van der Waals surface area contributed by atoms with E-state index in [2.05, 4.69) is 16.0 Å². The molecule has 2 heterocycles. The van der Waals surface area contributed by atoms with E-state index in [-0.39, 0.29) is 18.1 Å². The molecule has 1 saturated heterocycles. The van der Waals surface area contributed by atoms with E-state index in [0.29, 0.717) is 24.0 Å². The molecule has 23 heavy (non-hydrogen) atoms. The highest BCUT2D eigenvalue weighted by molar-refractivity contribution is 5.95. The number of hydrogen-bond donors (Lipinski definition) is 0. The smallest absolute Gasteiger partial charge is 0.223 e. The van der Waals surface area contributed by atoms with E-state index in [0.717, 1.165) is 12.2 Å². The Balaban J connectivity index is 1.75. The zero-order valence-electron chi connectivity index (χ0n) is 13.5. The van der Waals surface area contributed by atoms with Gasteiger partial charge in [0.1, 0.15) is 11.7 Å². The molecule has 0 N–H and O–H groups in total. The number of hydrogen-bond acceptors (Lipinski definition) is 5. The lowest BCUT2D eigenvalue weighted by molar-refractivity contribution is -0.128. The van der Waals surface area contributed by atoms with Crippen LogP contribution >= 0.6 is 0 Å². The van der Waals surface area contributed by atoms with Gasteiger partial charge in [-0.1, -0.05) is 0 Å². The van der Waals surface area contributed by atoms with Crippen LogP contribution in [0.1, 0.15) is 42.4 Å². The van der Waals surface area contributed by atoms with E-state index in [1.54, 1.807) is 17.9 Å². The molecule has 1 saturated carbocycles. The van der Waals surface area contributed by atoms with E-state index in [4.69, 9.17) is 0 Å². The van der Waals surface area contributed by atoms with Crippen LogP contribution in [0, 0.1) is 37.0 Å². The largest absolute Gasteiger partial charge is 0.342 e. The molecule has 1 aromatic rings. The lowest BCUT2D eigenvalue weighted by Crippen LogP contribution is -2.29. The van der Waals surface area contributed by atoms with Crippen LogP contribution in [0.4, 0.5) is 0 Å². The van der Waals surface area contributed by atoms with Crippen molar-refractivity contribution >= 4 is 11.7 Å². The van der Waals surface area contributed by atoms with Gasteiger partial charge in [-0.25, -0.2) is 9.97 Å².